The largest absolute Gasteiger partial charge is 0.497 e. The van der Waals surface area contributed by atoms with Gasteiger partial charge in [0.05, 0.1) is 14.2 Å². The number of nitrogens with zero attached hydrogens (tertiary/aromatic N) is 1. The molecule has 0 bridgehead atoms. The first kappa shape index (κ1) is 16.8. The number of benzene rings is 1. The maximum Gasteiger partial charge on any atom is 0.123 e. The van der Waals surface area contributed by atoms with E-state index in [1.165, 1.54) is 0 Å². The molecule has 0 saturated carbocycles. The van der Waals surface area contributed by atoms with Crippen LogP contribution in [-0.4, -0.2) is 53.0 Å². The van der Waals surface area contributed by atoms with E-state index in [0.717, 1.165) is 43.2 Å². The van der Waals surface area contributed by atoms with E-state index in [4.69, 9.17) is 19.9 Å². The molecule has 1 rings (SSSR count). The lowest BCUT2D eigenvalue weighted by Crippen LogP contribution is -2.30. The van der Waals surface area contributed by atoms with Gasteiger partial charge in [0.25, 0.3) is 0 Å². The summed E-state index contributed by atoms with van der Waals surface area (Å²) in [4.78, 5) is 2.20. The minimum absolute atomic E-state index is 0.118. The van der Waals surface area contributed by atoms with Gasteiger partial charge in [-0.15, -0.1) is 0 Å². The Labute approximate surface area is 121 Å². The van der Waals surface area contributed by atoms with Gasteiger partial charge < -0.3 is 24.8 Å². The van der Waals surface area contributed by atoms with Crippen molar-refractivity contribution in [2.75, 3.05) is 48.1 Å². The first-order chi connectivity index (χ1) is 9.62. The Kier molecular flexibility index (Phi) is 7.36. The third-order valence-electron chi connectivity index (χ3n) is 3.23. The van der Waals surface area contributed by atoms with Crippen LogP contribution in [0.3, 0.4) is 0 Å². The van der Waals surface area contributed by atoms with E-state index in [-0.39, 0.29) is 6.04 Å². The van der Waals surface area contributed by atoms with Gasteiger partial charge in [-0.1, -0.05) is 0 Å². The molecule has 0 radical (unpaired) electrons. The molecule has 0 aliphatic carbocycles. The van der Waals surface area contributed by atoms with Crippen molar-refractivity contribution in [2.24, 2.45) is 5.73 Å². The number of likely N-dealkylation sites (N-methyl/N-ethyl adjacent to an activating group) is 1. The monoisotopic (exact) mass is 282 g/mol. The fraction of sp³-hybridized carbons (Fsp3) is 0.600. The van der Waals surface area contributed by atoms with E-state index in [1.54, 1.807) is 21.3 Å². The van der Waals surface area contributed by atoms with Crippen molar-refractivity contribution in [1.82, 2.24) is 4.90 Å². The van der Waals surface area contributed by atoms with E-state index in [1.807, 2.05) is 18.2 Å². The number of hydrogen-bond donors (Lipinski definition) is 1. The molecule has 5 heteroatoms. The molecule has 20 heavy (non-hydrogen) atoms. The molecule has 1 aromatic rings. The predicted octanol–water partition coefficient (Wildman–Crippen LogP) is 1.67. The second kappa shape index (κ2) is 8.79. The van der Waals surface area contributed by atoms with Gasteiger partial charge in [0, 0.05) is 38.4 Å². The Morgan fingerprint density at radius 2 is 1.95 bits per heavy atom. The smallest absolute Gasteiger partial charge is 0.123 e. The van der Waals surface area contributed by atoms with Gasteiger partial charge in [-0.05, 0) is 31.7 Å². The molecule has 5 nitrogen and oxygen atoms in total. The lowest BCUT2D eigenvalue weighted by Gasteiger charge is -2.23. The minimum atomic E-state index is -0.118. The van der Waals surface area contributed by atoms with Crippen LogP contribution >= 0.6 is 0 Å². The number of methoxy groups -OCH3 is 3. The molecule has 2 N–H and O–H groups in total. The topological polar surface area (TPSA) is 57.0 Å². The summed E-state index contributed by atoms with van der Waals surface area (Å²) in [6.45, 7) is 2.48. The second-order valence-corrected chi connectivity index (χ2v) is 4.82. The molecule has 0 saturated heterocycles. The first-order valence-electron chi connectivity index (χ1n) is 6.77. The van der Waals surface area contributed by atoms with Gasteiger partial charge in [-0.3, -0.25) is 0 Å². The Balaban J connectivity index is 2.67. The maximum absolute atomic E-state index is 6.29. The summed E-state index contributed by atoms with van der Waals surface area (Å²) >= 11 is 0. The molecule has 0 heterocycles. The Morgan fingerprint density at radius 3 is 2.55 bits per heavy atom. The van der Waals surface area contributed by atoms with Crippen LogP contribution < -0.4 is 15.2 Å². The van der Waals surface area contributed by atoms with Crippen molar-refractivity contribution < 1.29 is 14.2 Å². The van der Waals surface area contributed by atoms with Gasteiger partial charge in [0.15, 0.2) is 0 Å². The fourth-order valence-corrected chi connectivity index (χ4v) is 2.13. The summed E-state index contributed by atoms with van der Waals surface area (Å²) in [5, 5.41) is 0. The fourth-order valence-electron chi connectivity index (χ4n) is 2.13. The van der Waals surface area contributed by atoms with Crippen LogP contribution in [0, 0.1) is 0 Å². The summed E-state index contributed by atoms with van der Waals surface area (Å²) < 4.78 is 15.7. The molecule has 0 aromatic heterocycles. The zero-order valence-corrected chi connectivity index (χ0v) is 12.9. The number of rotatable bonds is 9. The highest BCUT2D eigenvalue weighted by Crippen LogP contribution is 2.28. The highest BCUT2D eigenvalue weighted by molar-refractivity contribution is 5.42. The molecule has 0 amide bonds. The molecule has 0 spiro atoms. The normalized spacial score (nSPS) is 12.5. The Hall–Kier alpha value is -1.30. The number of ether oxygens (including phenoxy) is 3. The van der Waals surface area contributed by atoms with Gasteiger partial charge in [-0.25, -0.2) is 0 Å². The van der Waals surface area contributed by atoms with Gasteiger partial charge >= 0.3 is 0 Å². The molecule has 0 fully saturated rings. The van der Waals surface area contributed by atoms with Crippen LogP contribution in [0.1, 0.15) is 18.0 Å². The minimum Gasteiger partial charge on any atom is -0.497 e. The maximum atomic E-state index is 6.29. The molecule has 1 aromatic carbocycles. The summed E-state index contributed by atoms with van der Waals surface area (Å²) in [6.07, 6.45) is 0.995. The standard InChI is InChI=1S/C15H26N2O3/c1-17(8-5-9-18-2)11-14(16)13-10-12(19-3)6-7-15(13)20-4/h6-7,10,14H,5,8-9,11,16H2,1-4H3. The van der Waals surface area contributed by atoms with Crippen LogP contribution in [0.25, 0.3) is 0 Å². The molecule has 1 unspecified atom stereocenters. The number of nitrogens with two attached hydrogens (primary N) is 1. The zero-order chi connectivity index (χ0) is 15.0. The molecule has 1 atom stereocenters. The third-order valence-corrected chi connectivity index (χ3v) is 3.23. The third kappa shape index (κ3) is 5.00. The zero-order valence-electron chi connectivity index (χ0n) is 12.9. The Bertz CT molecular complexity index is 399. The molecule has 114 valence electrons. The highest BCUT2D eigenvalue weighted by Gasteiger charge is 2.15. The van der Waals surface area contributed by atoms with Crippen molar-refractivity contribution >= 4 is 0 Å². The van der Waals surface area contributed by atoms with Crippen molar-refractivity contribution in [3.63, 3.8) is 0 Å². The van der Waals surface area contributed by atoms with Crippen molar-refractivity contribution in [1.29, 1.82) is 0 Å². The Morgan fingerprint density at radius 1 is 1.20 bits per heavy atom. The predicted molar refractivity (Wildman–Crippen MR) is 80.5 cm³/mol. The molecule has 0 aliphatic rings. The van der Waals surface area contributed by atoms with Crippen LogP contribution in [0.5, 0.6) is 11.5 Å². The van der Waals surface area contributed by atoms with Crippen LogP contribution in [0.2, 0.25) is 0 Å². The lowest BCUT2D eigenvalue weighted by molar-refractivity contribution is 0.177. The molecular formula is C15H26N2O3. The van der Waals surface area contributed by atoms with Crippen molar-refractivity contribution in [3.05, 3.63) is 23.8 Å². The SMILES string of the molecule is COCCCN(C)CC(N)c1cc(OC)ccc1OC. The van der Waals surface area contributed by atoms with E-state index in [2.05, 4.69) is 11.9 Å². The van der Waals surface area contributed by atoms with E-state index in [0.29, 0.717) is 0 Å². The average molecular weight is 282 g/mol. The van der Waals surface area contributed by atoms with Crippen LogP contribution in [-0.2, 0) is 4.74 Å². The number of hydrogen-bond acceptors (Lipinski definition) is 5. The van der Waals surface area contributed by atoms with Crippen molar-refractivity contribution in [2.45, 2.75) is 12.5 Å². The average Bonchev–Trinajstić information content (AvgIpc) is 2.46. The van der Waals surface area contributed by atoms with E-state index in [9.17, 15) is 0 Å². The van der Waals surface area contributed by atoms with E-state index >= 15 is 0 Å². The lowest BCUT2D eigenvalue weighted by atomic mass is 10.1. The summed E-state index contributed by atoms with van der Waals surface area (Å²) in [5.74, 6) is 1.59. The highest BCUT2D eigenvalue weighted by atomic mass is 16.5. The van der Waals surface area contributed by atoms with Crippen LogP contribution in [0.4, 0.5) is 0 Å². The summed E-state index contributed by atoms with van der Waals surface area (Å²) in [6, 6.07) is 5.58. The quantitative estimate of drug-likeness (QED) is 0.698. The molecule has 0 aliphatic heterocycles. The van der Waals surface area contributed by atoms with Gasteiger partial charge in [-0.2, -0.15) is 0 Å². The summed E-state index contributed by atoms with van der Waals surface area (Å²) in [7, 11) is 7.07. The second-order valence-electron chi connectivity index (χ2n) is 4.82. The first-order valence-corrected chi connectivity index (χ1v) is 6.77. The van der Waals surface area contributed by atoms with Crippen molar-refractivity contribution in [3.8, 4) is 11.5 Å². The molecular weight excluding hydrogens is 256 g/mol. The summed E-state index contributed by atoms with van der Waals surface area (Å²) in [5.41, 5.74) is 7.26. The van der Waals surface area contributed by atoms with Gasteiger partial charge in [0.1, 0.15) is 11.5 Å². The van der Waals surface area contributed by atoms with E-state index < -0.39 is 0 Å². The van der Waals surface area contributed by atoms with Gasteiger partial charge in [0.2, 0.25) is 0 Å². The van der Waals surface area contributed by atoms with Crippen LogP contribution in [0.15, 0.2) is 18.2 Å².